The second-order valence-corrected chi connectivity index (χ2v) is 3.81. The van der Waals surface area contributed by atoms with E-state index in [1.165, 1.54) is 18.5 Å². The van der Waals surface area contributed by atoms with Gasteiger partial charge in [-0.1, -0.05) is 11.6 Å². The van der Waals surface area contributed by atoms with E-state index in [4.69, 9.17) is 11.6 Å². The molecule has 0 aliphatic heterocycles. The highest BCUT2D eigenvalue weighted by Crippen LogP contribution is 2.22. The maximum Gasteiger partial charge on any atom is 0.197 e. The van der Waals surface area contributed by atoms with Gasteiger partial charge in [0.2, 0.25) is 0 Å². The van der Waals surface area contributed by atoms with E-state index < -0.39 is 28.8 Å². The van der Waals surface area contributed by atoms with E-state index in [0.29, 0.717) is 6.07 Å². The summed E-state index contributed by atoms with van der Waals surface area (Å²) in [5.74, 6) is -5.41. The van der Waals surface area contributed by atoms with Crippen LogP contribution in [-0.4, -0.2) is 10.8 Å². The minimum atomic E-state index is -1.69. The van der Waals surface area contributed by atoms with Crippen LogP contribution in [0.25, 0.3) is 0 Å². The molecule has 0 fully saturated rings. The number of rotatable bonds is 2. The zero-order valence-corrected chi connectivity index (χ0v) is 9.51. The number of carbonyl (C=O) groups excluding carboxylic acids is 1. The maximum absolute atomic E-state index is 13.4. The summed E-state index contributed by atoms with van der Waals surface area (Å²) in [6.07, 6.45) is 2.49. The highest BCUT2D eigenvalue weighted by molar-refractivity contribution is 6.34. The predicted molar refractivity (Wildman–Crippen MR) is 59.0 cm³/mol. The van der Waals surface area contributed by atoms with Crippen LogP contribution < -0.4 is 0 Å². The van der Waals surface area contributed by atoms with Gasteiger partial charge in [-0.15, -0.1) is 0 Å². The van der Waals surface area contributed by atoms with E-state index in [-0.39, 0.29) is 10.6 Å². The Hall–Kier alpha value is -1.88. The largest absolute Gasteiger partial charge is 0.288 e. The van der Waals surface area contributed by atoms with Crippen LogP contribution in [-0.2, 0) is 0 Å². The van der Waals surface area contributed by atoms with Gasteiger partial charge in [0.25, 0.3) is 0 Å². The molecule has 0 unspecified atom stereocenters. The summed E-state index contributed by atoms with van der Waals surface area (Å²) >= 11 is 5.72. The monoisotopic (exact) mass is 271 g/mol. The Kier molecular flexibility index (Phi) is 3.34. The van der Waals surface area contributed by atoms with Crippen molar-refractivity contribution in [3.63, 3.8) is 0 Å². The first-order valence-corrected chi connectivity index (χ1v) is 5.18. The fourth-order valence-corrected chi connectivity index (χ4v) is 1.61. The van der Waals surface area contributed by atoms with Gasteiger partial charge in [0, 0.05) is 18.0 Å². The van der Waals surface area contributed by atoms with Gasteiger partial charge in [-0.3, -0.25) is 9.78 Å². The molecule has 0 aliphatic rings. The lowest BCUT2D eigenvalue weighted by Crippen LogP contribution is -2.08. The summed E-state index contributed by atoms with van der Waals surface area (Å²) in [5.41, 5.74) is -0.612. The molecule has 0 spiro atoms. The van der Waals surface area contributed by atoms with E-state index in [9.17, 15) is 18.0 Å². The summed E-state index contributed by atoms with van der Waals surface area (Å²) in [5, 5.41) is 0.00614. The molecule has 0 bridgehead atoms. The number of halogens is 4. The number of pyridine rings is 1. The van der Waals surface area contributed by atoms with Crippen molar-refractivity contribution in [1.29, 1.82) is 0 Å². The van der Waals surface area contributed by atoms with Crippen LogP contribution in [0.5, 0.6) is 0 Å². The second-order valence-electron chi connectivity index (χ2n) is 3.41. The molecule has 2 nitrogen and oxygen atoms in total. The van der Waals surface area contributed by atoms with Crippen LogP contribution in [0.3, 0.4) is 0 Å². The van der Waals surface area contributed by atoms with Gasteiger partial charge in [0.15, 0.2) is 23.2 Å². The molecule has 2 aromatic rings. The van der Waals surface area contributed by atoms with Crippen molar-refractivity contribution in [2.24, 2.45) is 0 Å². The summed E-state index contributed by atoms with van der Waals surface area (Å²) < 4.78 is 39.2. The lowest BCUT2D eigenvalue weighted by molar-refractivity contribution is 0.103. The molecule has 0 amide bonds. The molecular formula is C12H5ClF3NO. The molecule has 6 heteroatoms. The fourth-order valence-electron chi connectivity index (χ4n) is 1.41. The molecule has 92 valence electrons. The minimum absolute atomic E-state index is 0.00614. The third-order valence-corrected chi connectivity index (χ3v) is 2.60. The number of carbonyl (C=O) groups is 1. The summed E-state index contributed by atoms with van der Waals surface area (Å²) in [6.45, 7) is 0. The van der Waals surface area contributed by atoms with Gasteiger partial charge in [-0.2, -0.15) is 0 Å². The van der Waals surface area contributed by atoms with Crippen molar-refractivity contribution in [2.75, 3.05) is 0 Å². The van der Waals surface area contributed by atoms with E-state index >= 15 is 0 Å². The molecular weight excluding hydrogens is 267 g/mol. The smallest absolute Gasteiger partial charge is 0.197 e. The van der Waals surface area contributed by atoms with Gasteiger partial charge in [-0.05, 0) is 18.2 Å². The van der Waals surface area contributed by atoms with Gasteiger partial charge < -0.3 is 0 Å². The average molecular weight is 272 g/mol. The highest BCUT2D eigenvalue weighted by atomic mass is 35.5. The first-order chi connectivity index (χ1) is 8.52. The second kappa shape index (κ2) is 4.78. The summed E-state index contributed by atoms with van der Waals surface area (Å²) in [6, 6.07) is 2.82. The van der Waals surface area contributed by atoms with Crippen molar-refractivity contribution in [3.8, 4) is 0 Å². The van der Waals surface area contributed by atoms with Crippen LogP contribution in [0.4, 0.5) is 13.2 Å². The molecule has 18 heavy (non-hydrogen) atoms. The molecule has 0 N–H and O–H groups in total. The number of benzene rings is 1. The quantitative estimate of drug-likeness (QED) is 0.619. The maximum atomic E-state index is 13.4. The third-order valence-electron chi connectivity index (χ3n) is 2.30. The molecule has 0 saturated carbocycles. The van der Waals surface area contributed by atoms with E-state index in [0.717, 1.165) is 6.07 Å². The Balaban J connectivity index is 2.54. The van der Waals surface area contributed by atoms with Gasteiger partial charge >= 0.3 is 0 Å². The lowest BCUT2D eigenvalue weighted by Gasteiger charge is -2.05. The Morgan fingerprint density at radius 1 is 1.06 bits per heavy atom. The summed E-state index contributed by atoms with van der Waals surface area (Å²) in [4.78, 5) is 15.6. The van der Waals surface area contributed by atoms with E-state index in [1.807, 2.05) is 0 Å². The van der Waals surface area contributed by atoms with E-state index in [1.54, 1.807) is 0 Å². The number of nitrogens with zero attached hydrogens (tertiary/aromatic N) is 1. The third kappa shape index (κ3) is 2.09. The van der Waals surface area contributed by atoms with Gasteiger partial charge in [0.05, 0.1) is 10.6 Å². The molecule has 0 atom stereocenters. The van der Waals surface area contributed by atoms with Crippen LogP contribution >= 0.6 is 11.6 Å². The lowest BCUT2D eigenvalue weighted by atomic mass is 10.0. The number of hydrogen-bond donors (Lipinski definition) is 0. The van der Waals surface area contributed by atoms with Crippen molar-refractivity contribution < 1.29 is 18.0 Å². The van der Waals surface area contributed by atoms with Crippen LogP contribution in [0.2, 0.25) is 5.02 Å². The van der Waals surface area contributed by atoms with Crippen molar-refractivity contribution in [1.82, 2.24) is 4.98 Å². The Bertz CT molecular complexity index is 631. The van der Waals surface area contributed by atoms with Gasteiger partial charge in [0.1, 0.15) is 0 Å². The predicted octanol–water partition coefficient (Wildman–Crippen LogP) is 3.38. The van der Waals surface area contributed by atoms with Crippen LogP contribution in [0.1, 0.15) is 15.9 Å². The van der Waals surface area contributed by atoms with Gasteiger partial charge in [-0.25, -0.2) is 13.2 Å². The Morgan fingerprint density at radius 2 is 1.78 bits per heavy atom. The summed E-state index contributed by atoms with van der Waals surface area (Å²) in [7, 11) is 0. The van der Waals surface area contributed by atoms with E-state index in [2.05, 4.69) is 4.98 Å². The fraction of sp³-hybridized carbons (Fsp3) is 0. The van der Waals surface area contributed by atoms with Crippen LogP contribution in [0.15, 0.2) is 30.6 Å². The number of hydrogen-bond acceptors (Lipinski definition) is 2. The molecule has 0 aliphatic carbocycles. The standard InChI is InChI=1S/C12H5ClF3NO/c13-8-5-17-4-3-6(8)12(18)7-1-2-9(14)11(16)10(7)15/h1-5H. The van der Waals surface area contributed by atoms with Crippen LogP contribution in [0, 0.1) is 17.5 Å². The molecule has 2 rings (SSSR count). The molecule has 0 saturated heterocycles. The number of ketones is 1. The highest BCUT2D eigenvalue weighted by Gasteiger charge is 2.21. The Morgan fingerprint density at radius 3 is 2.44 bits per heavy atom. The Labute approximate surface area is 105 Å². The first kappa shape index (κ1) is 12.6. The average Bonchev–Trinajstić information content (AvgIpc) is 2.36. The van der Waals surface area contributed by atoms with Crippen molar-refractivity contribution in [3.05, 3.63) is 64.2 Å². The zero-order valence-electron chi connectivity index (χ0n) is 8.75. The SMILES string of the molecule is O=C(c1ccncc1Cl)c1ccc(F)c(F)c1F. The zero-order chi connectivity index (χ0) is 13.3. The first-order valence-electron chi connectivity index (χ1n) is 4.80. The number of aromatic nitrogens is 1. The normalized spacial score (nSPS) is 10.4. The molecule has 1 heterocycles. The molecule has 1 aromatic carbocycles. The molecule has 0 radical (unpaired) electrons. The minimum Gasteiger partial charge on any atom is -0.288 e. The molecule has 1 aromatic heterocycles. The van der Waals surface area contributed by atoms with Crippen molar-refractivity contribution >= 4 is 17.4 Å². The topological polar surface area (TPSA) is 30.0 Å². The van der Waals surface area contributed by atoms with Crippen molar-refractivity contribution in [2.45, 2.75) is 0 Å².